The molecule has 2 aromatic heterocycles. The number of hydrogen-bond acceptors (Lipinski definition) is 6. The highest BCUT2D eigenvalue weighted by molar-refractivity contribution is 5.89. The summed E-state index contributed by atoms with van der Waals surface area (Å²) >= 11 is 0. The van der Waals surface area contributed by atoms with Gasteiger partial charge in [0.1, 0.15) is 5.65 Å². The van der Waals surface area contributed by atoms with Crippen molar-refractivity contribution in [1.82, 2.24) is 14.5 Å². The minimum atomic E-state index is -1.05. The number of methoxy groups -OCH3 is 1. The Morgan fingerprint density at radius 3 is 2.59 bits per heavy atom. The van der Waals surface area contributed by atoms with Crippen LogP contribution in [0.2, 0.25) is 0 Å². The predicted molar refractivity (Wildman–Crippen MR) is 123 cm³/mol. The van der Waals surface area contributed by atoms with Crippen LogP contribution in [0.15, 0.2) is 48.8 Å². The topological polar surface area (TPSA) is 87.8 Å². The number of carbonyl (C=O) groups excluding carboxylic acids is 1. The minimum Gasteiger partial charge on any atom is -0.465 e. The first-order valence-electron chi connectivity index (χ1n) is 11.1. The molecule has 4 rings (SSSR count). The van der Waals surface area contributed by atoms with E-state index >= 15 is 0 Å². The van der Waals surface area contributed by atoms with Gasteiger partial charge < -0.3 is 24.4 Å². The second-order valence-corrected chi connectivity index (χ2v) is 9.02. The third-order valence-corrected chi connectivity index (χ3v) is 6.31. The Labute approximate surface area is 188 Å². The predicted octanol–water partition coefficient (Wildman–Crippen LogP) is 2.79. The number of ether oxygens (including phenoxy) is 1. The fourth-order valence-corrected chi connectivity index (χ4v) is 4.46. The van der Waals surface area contributed by atoms with Crippen LogP contribution < -0.4 is 0 Å². The maximum Gasteiger partial charge on any atom is 0.337 e. The van der Waals surface area contributed by atoms with Crippen molar-refractivity contribution in [3.8, 4) is 0 Å². The number of benzene rings is 1. The first kappa shape index (κ1) is 22.5. The summed E-state index contributed by atoms with van der Waals surface area (Å²) in [5, 5.41) is 20.5. The number of nitrogens with zero attached hydrogens (tertiary/aromatic N) is 3. The summed E-state index contributed by atoms with van der Waals surface area (Å²) in [4.78, 5) is 18.6. The lowest BCUT2D eigenvalue weighted by Crippen LogP contribution is -2.46. The van der Waals surface area contributed by atoms with E-state index in [0.717, 1.165) is 42.5 Å². The molecular formula is C25H31N3O4. The van der Waals surface area contributed by atoms with Gasteiger partial charge in [0.25, 0.3) is 0 Å². The van der Waals surface area contributed by atoms with Gasteiger partial charge in [-0.1, -0.05) is 12.1 Å². The molecule has 0 spiro atoms. The number of aliphatic hydroxyl groups excluding tert-OH is 1. The van der Waals surface area contributed by atoms with Crippen molar-refractivity contribution in [2.45, 2.75) is 37.8 Å². The lowest BCUT2D eigenvalue weighted by molar-refractivity contribution is -0.0296. The van der Waals surface area contributed by atoms with Crippen molar-refractivity contribution in [2.75, 3.05) is 33.4 Å². The van der Waals surface area contributed by atoms with Crippen molar-refractivity contribution >= 4 is 17.0 Å². The molecule has 1 unspecified atom stereocenters. The van der Waals surface area contributed by atoms with Crippen LogP contribution in [0.3, 0.4) is 0 Å². The Balaban J connectivity index is 1.42. The minimum absolute atomic E-state index is 0.222. The zero-order valence-electron chi connectivity index (χ0n) is 18.7. The number of rotatable bonds is 7. The first-order valence-corrected chi connectivity index (χ1v) is 11.1. The van der Waals surface area contributed by atoms with Gasteiger partial charge in [0.15, 0.2) is 0 Å². The maximum absolute atomic E-state index is 11.6. The van der Waals surface area contributed by atoms with E-state index in [1.165, 1.54) is 12.7 Å². The molecule has 3 aromatic rings. The molecule has 7 nitrogen and oxygen atoms in total. The second kappa shape index (κ2) is 9.40. The Kier molecular flexibility index (Phi) is 6.60. The largest absolute Gasteiger partial charge is 0.465 e. The number of likely N-dealkylation sites (tertiary alicyclic amines) is 1. The van der Waals surface area contributed by atoms with Crippen LogP contribution in [0.1, 0.15) is 47.2 Å². The van der Waals surface area contributed by atoms with Crippen LogP contribution in [0.5, 0.6) is 0 Å². The van der Waals surface area contributed by atoms with Crippen molar-refractivity contribution in [3.63, 3.8) is 0 Å². The lowest BCUT2D eigenvalue weighted by atomic mass is 9.89. The third-order valence-electron chi connectivity index (χ3n) is 6.31. The van der Waals surface area contributed by atoms with Gasteiger partial charge in [-0.2, -0.15) is 0 Å². The van der Waals surface area contributed by atoms with Crippen molar-refractivity contribution in [2.24, 2.45) is 0 Å². The highest BCUT2D eigenvalue weighted by Gasteiger charge is 2.27. The normalized spacial score (nSPS) is 17.4. The summed E-state index contributed by atoms with van der Waals surface area (Å²) in [5.41, 5.74) is 2.79. The summed E-state index contributed by atoms with van der Waals surface area (Å²) in [5.74, 6) is 0.123. The fraction of sp³-hybridized carbons (Fsp3) is 0.440. The number of pyridine rings is 1. The van der Waals surface area contributed by atoms with Gasteiger partial charge in [0, 0.05) is 30.9 Å². The molecule has 1 aliphatic rings. The Morgan fingerprint density at radius 1 is 1.22 bits per heavy atom. The second-order valence-electron chi connectivity index (χ2n) is 9.02. The number of fused-ring (bicyclic) bond motifs is 1. The standard InChI is InChI=1S/C25H31N3O4/c1-25(31,17-29)16-27-10-7-19(8-11-27)22-13-21-9-12-28(23(21)26-14-22)15-18-3-5-20(6-4-18)24(30)32-2/h3-6,9,12-14,19,29,31H,7-8,10-11,15-17H2,1-2H3. The van der Waals surface area contributed by atoms with E-state index in [1.807, 2.05) is 18.3 Å². The van der Waals surface area contributed by atoms with E-state index in [-0.39, 0.29) is 12.6 Å². The monoisotopic (exact) mass is 437 g/mol. The summed E-state index contributed by atoms with van der Waals surface area (Å²) < 4.78 is 6.87. The van der Waals surface area contributed by atoms with E-state index in [2.05, 4.69) is 27.8 Å². The molecule has 170 valence electrons. The number of hydrogen-bond donors (Lipinski definition) is 2. The summed E-state index contributed by atoms with van der Waals surface area (Å²) in [6.07, 6.45) is 6.07. The highest BCUT2D eigenvalue weighted by atomic mass is 16.5. The van der Waals surface area contributed by atoms with E-state index < -0.39 is 5.60 Å². The Hall–Kier alpha value is -2.74. The van der Waals surface area contributed by atoms with Crippen molar-refractivity contribution in [3.05, 3.63) is 65.5 Å². The Morgan fingerprint density at radius 2 is 1.94 bits per heavy atom. The summed E-state index contributed by atoms with van der Waals surface area (Å²) in [7, 11) is 1.38. The molecule has 0 aliphatic carbocycles. The molecule has 1 aromatic carbocycles. The number of aromatic nitrogens is 2. The van der Waals surface area contributed by atoms with E-state index in [9.17, 15) is 15.0 Å². The highest BCUT2D eigenvalue weighted by Crippen LogP contribution is 2.30. The number of piperidine rings is 1. The molecule has 1 aliphatic heterocycles. The number of aliphatic hydroxyl groups is 2. The average Bonchev–Trinajstić information content (AvgIpc) is 3.21. The maximum atomic E-state index is 11.6. The summed E-state index contributed by atoms with van der Waals surface area (Å²) in [6.45, 7) is 4.44. The molecule has 1 saturated heterocycles. The van der Waals surface area contributed by atoms with Gasteiger partial charge in [-0.15, -0.1) is 0 Å². The molecule has 0 amide bonds. The summed E-state index contributed by atoms with van der Waals surface area (Å²) in [6, 6.07) is 11.8. The quantitative estimate of drug-likeness (QED) is 0.553. The Bertz CT molecular complexity index is 1070. The zero-order chi connectivity index (χ0) is 22.7. The molecule has 2 N–H and O–H groups in total. The van der Waals surface area contributed by atoms with E-state index in [4.69, 9.17) is 9.72 Å². The van der Waals surface area contributed by atoms with Gasteiger partial charge in [-0.05, 0) is 74.2 Å². The molecule has 32 heavy (non-hydrogen) atoms. The molecule has 1 atom stereocenters. The molecule has 7 heteroatoms. The SMILES string of the molecule is COC(=O)c1ccc(Cn2ccc3cc(C4CCN(CC(C)(O)CO)CC4)cnc32)cc1. The average molecular weight is 438 g/mol. The molecule has 0 bridgehead atoms. The van der Waals surface area contributed by atoms with Crippen LogP contribution in [-0.4, -0.2) is 69.6 Å². The van der Waals surface area contributed by atoms with Crippen molar-refractivity contribution < 1.29 is 19.7 Å². The third kappa shape index (κ3) is 5.01. The first-order chi connectivity index (χ1) is 15.4. The van der Waals surface area contributed by atoms with Crippen LogP contribution in [0, 0.1) is 0 Å². The van der Waals surface area contributed by atoms with Gasteiger partial charge >= 0.3 is 5.97 Å². The number of carbonyl (C=O) groups is 1. The van der Waals surface area contributed by atoms with Gasteiger partial charge in [0.05, 0.1) is 24.9 Å². The van der Waals surface area contributed by atoms with Crippen LogP contribution in [0.25, 0.3) is 11.0 Å². The van der Waals surface area contributed by atoms with Crippen molar-refractivity contribution in [1.29, 1.82) is 0 Å². The van der Waals surface area contributed by atoms with Gasteiger partial charge in [0.2, 0.25) is 0 Å². The smallest absolute Gasteiger partial charge is 0.337 e. The van der Waals surface area contributed by atoms with Gasteiger partial charge in [-0.3, -0.25) is 0 Å². The van der Waals surface area contributed by atoms with Crippen LogP contribution in [-0.2, 0) is 11.3 Å². The molecular weight excluding hydrogens is 406 g/mol. The number of esters is 1. The number of β-amino-alcohol motifs (C(OH)–C–C–N with tert-alkyl or cyclic N) is 1. The van der Waals surface area contributed by atoms with E-state index in [0.29, 0.717) is 24.6 Å². The molecule has 0 saturated carbocycles. The fourth-order valence-electron chi connectivity index (χ4n) is 4.46. The molecule has 3 heterocycles. The van der Waals surface area contributed by atoms with Gasteiger partial charge in [-0.25, -0.2) is 9.78 Å². The van der Waals surface area contributed by atoms with E-state index in [1.54, 1.807) is 19.1 Å². The van der Waals surface area contributed by atoms with Crippen LogP contribution >= 0.6 is 0 Å². The molecule has 1 fully saturated rings. The van der Waals surface area contributed by atoms with Crippen LogP contribution in [0.4, 0.5) is 0 Å². The lowest BCUT2D eigenvalue weighted by Gasteiger charge is -2.36. The zero-order valence-corrected chi connectivity index (χ0v) is 18.7. The molecule has 0 radical (unpaired) electrons.